The molecule has 3 N–H and O–H groups in total. The van der Waals surface area contributed by atoms with Gasteiger partial charge in [0.25, 0.3) is 0 Å². The van der Waals surface area contributed by atoms with E-state index in [9.17, 15) is 21.6 Å². The van der Waals surface area contributed by atoms with Crippen LogP contribution in [0.15, 0.2) is 17.0 Å². The fourth-order valence-electron chi connectivity index (χ4n) is 1.46. The predicted molar refractivity (Wildman–Crippen MR) is 57.1 cm³/mol. The molecule has 0 radical (unpaired) electrons. The zero-order valence-electron chi connectivity index (χ0n) is 9.09. The summed E-state index contributed by atoms with van der Waals surface area (Å²) in [6.45, 7) is 1.37. The molecular formula is C9H11F3N2O2S. The van der Waals surface area contributed by atoms with Gasteiger partial charge in [0, 0.05) is 7.05 Å². The van der Waals surface area contributed by atoms with Crippen LogP contribution in [0.5, 0.6) is 0 Å². The first kappa shape index (κ1) is 13.8. The molecule has 0 atom stereocenters. The largest absolute Gasteiger partial charge is 0.416 e. The molecule has 0 aliphatic heterocycles. The normalized spacial score (nSPS) is 12.6. The van der Waals surface area contributed by atoms with Crippen LogP contribution in [0, 0.1) is 6.92 Å². The van der Waals surface area contributed by atoms with Gasteiger partial charge in [-0.15, -0.1) is 0 Å². The molecule has 4 nitrogen and oxygen atoms in total. The fraction of sp³-hybridized carbons (Fsp3) is 0.333. The average molecular weight is 268 g/mol. The zero-order valence-corrected chi connectivity index (χ0v) is 9.91. The Balaban J connectivity index is 3.63. The van der Waals surface area contributed by atoms with Crippen molar-refractivity contribution in [3.05, 3.63) is 23.3 Å². The Kier molecular flexibility index (Phi) is 3.40. The van der Waals surface area contributed by atoms with Crippen molar-refractivity contribution in [2.75, 3.05) is 12.4 Å². The van der Waals surface area contributed by atoms with Gasteiger partial charge in [-0.1, -0.05) is 0 Å². The van der Waals surface area contributed by atoms with Crippen LogP contribution in [-0.4, -0.2) is 15.5 Å². The minimum Gasteiger partial charge on any atom is -0.387 e. The number of sulfonamides is 1. The minimum absolute atomic E-state index is 0.0699. The highest BCUT2D eigenvalue weighted by Crippen LogP contribution is 2.35. The minimum atomic E-state index is -4.61. The van der Waals surface area contributed by atoms with E-state index in [0.29, 0.717) is 6.07 Å². The number of nitrogens with one attached hydrogen (secondary N) is 1. The van der Waals surface area contributed by atoms with Gasteiger partial charge in [-0.25, -0.2) is 13.6 Å². The van der Waals surface area contributed by atoms with E-state index >= 15 is 0 Å². The van der Waals surface area contributed by atoms with Crippen LogP contribution in [-0.2, 0) is 16.2 Å². The number of hydrogen-bond donors (Lipinski definition) is 2. The van der Waals surface area contributed by atoms with Gasteiger partial charge in [-0.2, -0.15) is 13.2 Å². The van der Waals surface area contributed by atoms with E-state index in [1.807, 2.05) is 0 Å². The van der Waals surface area contributed by atoms with Crippen molar-refractivity contribution in [3.8, 4) is 0 Å². The topological polar surface area (TPSA) is 72.2 Å². The summed E-state index contributed by atoms with van der Waals surface area (Å²) in [6, 6.07) is 1.38. The molecule has 0 fully saturated rings. The molecule has 0 aliphatic carbocycles. The third kappa shape index (κ3) is 2.89. The molecule has 0 unspecified atom stereocenters. The first-order valence-electron chi connectivity index (χ1n) is 4.49. The van der Waals surface area contributed by atoms with Crippen molar-refractivity contribution in [2.24, 2.45) is 5.14 Å². The van der Waals surface area contributed by atoms with E-state index in [1.54, 1.807) is 0 Å². The van der Waals surface area contributed by atoms with Crippen LogP contribution in [0.25, 0.3) is 0 Å². The molecule has 0 saturated heterocycles. The van der Waals surface area contributed by atoms with Crippen LogP contribution in [0.4, 0.5) is 18.9 Å². The maximum Gasteiger partial charge on any atom is 0.416 e. The van der Waals surface area contributed by atoms with Gasteiger partial charge >= 0.3 is 6.18 Å². The highest BCUT2D eigenvalue weighted by molar-refractivity contribution is 7.89. The summed E-state index contributed by atoms with van der Waals surface area (Å²) in [5.41, 5.74) is -0.815. The number of halogens is 3. The Bertz CT molecular complexity index is 538. The van der Waals surface area contributed by atoms with Crippen molar-refractivity contribution in [2.45, 2.75) is 18.0 Å². The molecule has 1 aromatic rings. The van der Waals surface area contributed by atoms with Crippen LogP contribution in [0.1, 0.15) is 11.1 Å². The lowest BCUT2D eigenvalue weighted by Gasteiger charge is -2.14. The van der Waals surface area contributed by atoms with Gasteiger partial charge in [0.05, 0.1) is 11.3 Å². The van der Waals surface area contributed by atoms with Gasteiger partial charge in [0.1, 0.15) is 4.90 Å². The van der Waals surface area contributed by atoms with E-state index in [-0.39, 0.29) is 11.3 Å². The van der Waals surface area contributed by atoms with Gasteiger partial charge in [0.2, 0.25) is 10.0 Å². The number of aryl methyl sites for hydroxylation is 1. The maximum atomic E-state index is 12.5. The van der Waals surface area contributed by atoms with E-state index in [2.05, 4.69) is 5.32 Å². The lowest BCUT2D eigenvalue weighted by atomic mass is 10.1. The summed E-state index contributed by atoms with van der Waals surface area (Å²) in [7, 11) is -2.81. The smallest absolute Gasteiger partial charge is 0.387 e. The first-order chi connectivity index (χ1) is 7.57. The molecule has 1 rings (SSSR count). The molecule has 0 heterocycles. The van der Waals surface area contributed by atoms with Crippen molar-refractivity contribution >= 4 is 15.7 Å². The lowest BCUT2D eigenvalue weighted by Crippen LogP contribution is -2.17. The molecule has 0 aromatic heterocycles. The van der Waals surface area contributed by atoms with Gasteiger partial charge in [-0.3, -0.25) is 0 Å². The summed E-state index contributed by atoms with van der Waals surface area (Å²) < 4.78 is 60.0. The monoisotopic (exact) mass is 268 g/mol. The van der Waals surface area contributed by atoms with Gasteiger partial charge in [-0.05, 0) is 24.6 Å². The van der Waals surface area contributed by atoms with Crippen LogP contribution in [0.3, 0.4) is 0 Å². The van der Waals surface area contributed by atoms with Crippen molar-refractivity contribution in [1.29, 1.82) is 0 Å². The van der Waals surface area contributed by atoms with Crippen LogP contribution in [0.2, 0.25) is 0 Å². The summed E-state index contributed by atoms with van der Waals surface area (Å²) in [4.78, 5) is -0.563. The summed E-state index contributed by atoms with van der Waals surface area (Å²) >= 11 is 0. The Hall–Kier alpha value is -1.28. The highest BCUT2D eigenvalue weighted by atomic mass is 32.2. The van der Waals surface area contributed by atoms with E-state index in [4.69, 9.17) is 5.14 Å². The SMILES string of the molecule is CNc1c(C)cc(C(F)(F)F)cc1S(N)(=O)=O. The van der Waals surface area contributed by atoms with Crippen molar-refractivity contribution in [1.82, 2.24) is 0 Å². The molecule has 0 saturated carbocycles. The van der Waals surface area contributed by atoms with E-state index < -0.39 is 26.7 Å². The van der Waals surface area contributed by atoms with Gasteiger partial charge in [0.15, 0.2) is 0 Å². The predicted octanol–water partition coefficient (Wildman–Crippen LogP) is 1.70. The Morgan fingerprint density at radius 3 is 2.18 bits per heavy atom. The average Bonchev–Trinajstić information content (AvgIpc) is 2.13. The standard InChI is InChI=1S/C9H11F3N2O2S/c1-5-3-6(9(10,11)12)4-7(8(5)14-2)17(13,15)16/h3-4,14H,1-2H3,(H2,13,15,16). The molecule has 0 spiro atoms. The second-order valence-corrected chi connectivity index (χ2v) is 4.99. The third-order valence-corrected chi connectivity index (χ3v) is 3.12. The number of primary sulfonamides is 1. The number of nitrogens with two attached hydrogens (primary N) is 1. The first-order valence-corrected chi connectivity index (χ1v) is 6.04. The lowest BCUT2D eigenvalue weighted by molar-refractivity contribution is -0.137. The number of hydrogen-bond acceptors (Lipinski definition) is 3. The molecule has 17 heavy (non-hydrogen) atoms. The maximum absolute atomic E-state index is 12.5. The van der Waals surface area contributed by atoms with Crippen LogP contribution >= 0.6 is 0 Å². The number of alkyl halides is 3. The summed E-state index contributed by atoms with van der Waals surface area (Å²) in [6.07, 6.45) is -4.61. The molecule has 1 aromatic carbocycles. The summed E-state index contributed by atoms with van der Waals surface area (Å²) in [5.74, 6) is 0. The second-order valence-electron chi connectivity index (χ2n) is 3.46. The van der Waals surface area contributed by atoms with Gasteiger partial charge < -0.3 is 5.32 Å². The second kappa shape index (κ2) is 4.19. The zero-order chi connectivity index (χ0) is 13.4. The molecule has 8 heteroatoms. The van der Waals surface area contributed by atoms with E-state index in [1.165, 1.54) is 14.0 Å². The Morgan fingerprint density at radius 2 is 1.82 bits per heavy atom. The van der Waals surface area contributed by atoms with Crippen LogP contribution < -0.4 is 10.5 Å². The number of anilines is 1. The molecule has 0 aliphatic rings. The number of rotatable bonds is 2. The quantitative estimate of drug-likeness (QED) is 0.857. The third-order valence-electron chi connectivity index (χ3n) is 2.18. The van der Waals surface area contributed by atoms with Crippen molar-refractivity contribution < 1.29 is 21.6 Å². The number of benzene rings is 1. The molecule has 0 bridgehead atoms. The fourth-order valence-corrected chi connectivity index (χ4v) is 2.30. The van der Waals surface area contributed by atoms with E-state index in [0.717, 1.165) is 6.07 Å². The summed E-state index contributed by atoms with van der Waals surface area (Å²) in [5, 5.41) is 7.40. The highest BCUT2D eigenvalue weighted by Gasteiger charge is 2.33. The Labute approximate surface area is 96.7 Å². The molecule has 0 amide bonds. The molecular weight excluding hydrogens is 257 g/mol. The van der Waals surface area contributed by atoms with Crippen molar-refractivity contribution in [3.63, 3.8) is 0 Å². The Morgan fingerprint density at radius 1 is 1.29 bits per heavy atom. The molecule has 96 valence electrons.